The third-order valence-electron chi connectivity index (χ3n) is 9.70. The average molecular weight is 631 g/mol. The van der Waals surface area contributed by atoms with Gasteiger partial charge in [-0.3, -0.25) is 4.79 Å². The van der Waals surface area contributed by atoms with Crippen LogP contribution in [0.4, 0.5) is 13.2 Å². The predicted molar refractivity (Wildman–Crippen MR) is 150 cm³/mol. The standard InChI is InChI=1S/C31H29F3N2O7S/c1-41-23-8-3-19-16-24-30(38)12-10-22(35-25(37)9-2-18-11-15-42-17-18)28-29(30,26(19)27(23)43-28)13-14-36(24)44(39,40)21-6-4-20(5-7-21)31(32,33)34/h2-9,11,15,17,22,24,28,38H,10,12-14,16H2,1H3,(H,35,37)/b9-2+/t22-,24-,28+,29+,30-/m0/s1. The van der Waals surface area contributed by atoms with Gasteiger partial charge in [-0.25, -0.2) is 8.42 Å². The molecule has 0 unspecified atom stereocenters. The van der Waals surface area contributed by atoms with E-state index in [0.29, 0.717) is 23.5 Å². The van der Waals surface area contributed by atoms with Gasteiger partial charge in [0.05, 0.1) is 53.2 Å². The molecule has 0 radical (unpaired) electrons. The lowest BCUT2D eigenvalue weighted by Crippen LogP contribution is -2.78. The van der Waals surface area contributed by atoms with Gasteiger partial charge in [-0.2, -0.15) is 17.5 Å². The van der Waals surface area contributed by atoms with Gasteiger partial charge in [-0.1, -0.05) is 6.07 Å². The van der Waals surface area contributed by atoms with Crippen LogP contribution in [0.3, 0.4) is 0 Å². The average Bonchev–Trinajstić information content (AvgIpc) is 3.63. The summed E-state index contributed by atoms with van der Waals surface area (Å²) >= 11 is 0. The molecule has 232 valence electrons. The van der Waals surface area contributed by atoms with Crippen LogP contribution in [0.15, 0.2) is 70.4 Å². The topological polar surface area (TPSA) is 118 Å². The van der Waals surface area contributed by atoms with Crippen molar-refractivity contribution in [3.63, 3.8) is 0 Å². The van der Waals surface area contributed by atoms with Crippen molar-refractivity contribution in [3.05, 3.63) is 83.3 Å². The molecule has 5 atom stereocenters. The second-order valence-electron chi connectivity index (χ2n) is 11.7. The lowest BCUT2D eigenvalue weighted by atomic mass is 9.48. The highest BCUT2D eigenvalue weighted by molar-refractivity contribution is 7.89. The first-order valence-electron chi connectivity index (χ1n) is 14.2. The third-order valence-corrected chi connectivity index (χ3v) is 11.6. The molecule has 3 aromatic rings. The van der Waals surface area contributed by atoms with E-state index in [1.165, 1.54) is 30.0 Å². The van der Waals surface area contributed by atoms with Gasteiger partial charge in [0.1, 0.15) is 6.10 Å². The number of sulfonamides is 1. The van der Waals surface area contributed by atoms with E-state index in [0.717, 1.165) is 35.4 Å². The van der Waals surface area contributed by atoms with E-state index in [4.69, 9.17) is 13.9 Å². The Hall–Kier alpha value is -3.81. The molecule has 2 aromatic carbocycles. The van der Waals surface area contributed by atoms with Crippen molar-refractivity contribution in [2.75, 3.05) is 13.7 Å². The summed E-state index contributed by atoms with van der Waals surface area (Å²) in [5.41, 5.74) is -1.34. The number of methoxy groups -OCH3 is 1. The van der Waals surface area contributed by atoms with Crippen LogP contribution in [-0.4, -0.2) is 61.2 Å². The molecule has 1 saturated heterocycles. The molecular weight excluding hydrogens is 601 g/mol. The summed E-state index contributed by atoms with van der Waals surface area (Å²) < 4.78 is 85.9. The van der Waals surface area contributed by atoms with Crippen LogP contribution in [-0.2, 0) is 32.8 Å². The van der Waals surface area contributed by atoms with Crippen LogP contribution in [0.1, 0.15) is 41.5 Å². The van der Waals surface area contributed by atoms with Crippen LogP contribution in [0.25, 0.3) is 6.08 Å². The first kappa shape index (κ1) is 28.9. The zero-order chi connectivity index (χ0) is 31.1. The lowest BCUT2D eigenvalue weighted by Gasteiger charge is -2.63. The number of hydrogen-bond acceptors (Lipinski definition) is 7. The van der Waals surface area contributed by atoms with Crippen molar-refractivity contribution in [2.45, 2.75) is 66.0 Å². The fourth-order valence-electron chi connectivity index (χ4n) is 7.82. The molecule has 1 spiro atoms. The van der Waals surface area contributed by atoms with Gasteiger partial charge >= 0.3 is 6.18 Å². The van der Waals surface area contributed by atoms with Gasteiger partial charge in [-0.15, -0.1) is 0 Å². The molecule has 44 heavy (non-hydrogen) atoms. The van der Waals surface area contributed by atoms with Crippen LogP contribution in [0, 0.1) is 0 Å². The predicted octanol–water partition coefficient (Wildman–Crippen LogP) is 4.05. The normalized spacial score (nSPS) is 29.2. The fraction of sp³-hybridized carbons (Fsp3) is 0.387. The van der Waals surface area contributed by atoms with Crippen molar-refractivity contribution in [1.82, 2.24) is 9.62 Å². The molecule has 3 heterocycles. The highest BCUT2D eigenvalue weighted by Crippen LogP contribution is 2.66. The molecule has 13 heteroatoms. The minimum atomic E-state index is -4.61. The molecule has 7 rings (SSSR count). The Balaban J connectivity index is 1.27. The number of halogens is 3. The maximum atomic E-state index is 14.0. The fourth-order valence-corrected chi connectivity index (χ4v) is 9.48. The highest BCUT2D eigenvalue weighted by atomic mass is 32.2. The molecule has 4 aliphatic rings. The van der Waals surface area contributed by atoms with E-state index in [1.807, 2.05) is 6.07 Å². The van der Waals surface area contributed by atoms with Crippen molar-refractivity contribution in [1.29, 1.82) is 0 Å². The summed E-state index contributed by atoms with van der Waals surface area (Å²) in [5, 5.41) is 15.7. The second kappa shape index (κ2) is 9.85. The van der Waals surface area contributed by atoms with E-state index >= 15 is 0 Å². The molecule has 2 fully saturated rings. The van der Waals surface area contributed by atoms with Crippen LogP contribution < -0.4 is 14.8 Å². The van der Waals surface area contributed by atoms with Gasteiger partial charge in [-0.05, 0) is 73.7 Å². The Labute approximate surface area is 251 Å². The summed E-state index contributed by atoms with van der Waals surface area (Å²) in [4.78, 5) is 12.7. The number of aliphatic hydroxyl groups is 1. The largest absolute Gasteiger partial charge is 0.493 e. The number of carbonyl (C=O) groups is 1. The molecule has 1 saturated carbocycles. The lowest BCUT2D eigenvalue weighted by molar-refractivity contribution is -0.177. The van der Waals surface area contributed by atoms with E-state index in [9.17, 15) is 31.5 Å². The number of furan rings is 1. The molecule has 2 aliphatic carbocycles. The van der Waals surface area contributed by atoms with Crippen LogP contribution in [0.2, 0.25) is 0 Å². The summed E-state index contributed by atoms with van der Waals surface area (Å²) in [5.74, 6) is 0.582. The molecule has 1 aromatic heterocycles. The second-order valence-corrected chi connectivity index (χ2v) is 13.6. The molecule has 1 amide bonds. The van der Waals surface area contributed by atoms with Crippen molar-refractivity contribution < 1.29 is 45.4 Å². The van der Waals surface area contributed by atoms with Crippen LogP contribution in [0.5, 0.6) is 11.5 Å². The molecule has 2 bridgehead atoms. The number of nitrogens with zero attached hydrogens (tertiary/aromatic N) is 1. The Morgan fingerprint density at radius 3 is 2.61 bits per heavy atom. The molecule has 2 aliphatic heterocycles. The Morgan fingerprint density at radius 1 is 1.16 bits per heavy atom. The number of ether oxygens (including phenoxy) is 2. The highest BCUT2D eigenvalue weighted by Gasteiger charge is 2.74. The van der Waals surface area contributed by atoms with Crippen molar-refractivity contribution in [3.8, 4) is 11.5 Å². The number of nitrogens with one attached hydrogen (secondary N) is 1. The van der Waals surface area contributed by atoms with Crippen molar-refractivity contribution >= 4 is 22.0 Å². The number of benzene rings is 2. The zero-order valence-electron chi connectivity index (χ0n) is 23.5. The minimum absolute atomic E-state index is 0.00661. The van der Waals surface area contributed by atoms with Gasteiger partial charge in [0.25, 0.3) is 0 Å². The Bertz CT molecular complexity index is 1760. The molecule has 9 nitrogen and oxygen atoms in total. The van der Waals surface area contributed by atoms with E-state index in [-0.39, 0.29) is 36.6 Å². The maximum absolute atomic E-state index is 14.0. The summed E-state index contributed by atoms with van der Waals surface area (Å²) in [6.45, 7) is -0.00661. The maximum Gasteiger partial charge on any atom is 0.416 e. The summed E-state index contributed by atoms with van der Waals surface area (Å²) in [6, 6.07) is 7.25. The summed E-state index contributed by atoms with van der Waals surface area (Å²) in [6.07, 6.45) is 1.45. The van der Waals surface area contributed by atoms with Gasteiger partial charge in [0.2, 0.25) is 15.9 Å². The van der Waals surface area contributed by atoms with E-state index in [1.54, 1.807) is 18.2 Å². The Kier molecular flexibility index (Phi) is 6.47. The third kappa shape index (κ3) is 4.05. The van der Waals surface area contributed by atoms with Gasteiger partial charge in [0.15, 0.2) is 11.5 Å². The first-order valence-corrected chi connectivity index (χ1v) is 15.6. The first-order chi connectivity index (χ1) is 20.9. The van der Waals surface area contributed by atoms with Gasteiger partial charge in [0, 0.05) is 23.7 Å². The van der Waals surface area contributed by atoms with Gasteiger partial charge < -0.3 is 24.3 Å². The monoisotopic (exact) mass is 630 g/mol. The number of amides is 1. The van der Waals surface area contributed by atoms with Crippen LogP contribution >= 0.6 is 0 Å². The minimum Gasteiger partial charge on any atom is -0.493 e. The zero-order valence-corrected chi connectivity index (χ0v) is 24.3. The molecular formula is C31H29F3N2O7S. The number of piperidine rings is 1. The number of hydrogen-bond donors (Lipinski definition) is 2. The van der Waals surface area contributed by atoms with E-state index in [2.05, 4.69) is 5.32 Å². The number of rotatable bonds is 6. The smallest absolute Gasteiger partial charge is 0.416 e. The van der Waals surface area contributed by atoms with Crippen molar-refractivity contribution in [2.24, 2.45) is 0 Å². The summed E-state index contributed by atoms with van der Waals surface area (Å²) in [7, 11) is -2.78. The number of carbonyl (C=O) groups excluding carboxylic acids is 1. The van der Waals surface area contributed by atoms with E-state index < -0.39 is 51.0 Å². The quantitative estimate of drug-likeness (QED) is 0.395. The number of alkyl halides is 3. The SMILES string of the molecule is COc1ccc2c3c1O[C@@H]1[C@@H](NC(=O)/C=C/c4ccoc4)CC[C@]4(O)[C@H](C2)N(S(=O)(=O)c2ccc(C(F)(F)F)cc2)CC[C@@]314. The Morgan fingerprint density at radius 2 is 1.93 bits per heavy atom. The molecule has 2 N–H and O–H groups in total.